The van der Waals surface area contributed by atoms with Crippen molar-refractivity contribution >= 4 is 5.91 Å². The molecule has 0 saturated carbocycles. The first-order valence-corrected chi connectivity index (χ1v) is 7.94. The van der Waals surface area contributed by atoms with Gasteiger partial charge in [-0.3, -0.25) is 9.48 Å². The molecule has 0 spiro atoms. The Morgan fingerprint density at radius 1 is 1.21 bits per heavy atom. The minimum Gasteiger partial charge on any atom is -0.382 e. The molecule has 1 atom stereocenters. The van der Waals surface area contributed by atoms with Gasteiger partial charge in [0.25, 0.3) is 5.91 Å². The van der Waals surface area contributed by atoms with Crippen molar-refractivity contribution in [2.45, 2.75) is 19.2 Å². The van der Waals surface area contributed by atoms with E-state index in [0.717, 1.165) is 11.3 Å². The van der Waals surface area contributed by atoms with E-state index in [9.17, 15) is 9.90 Å². The molecule has 24 heavy (non-hydrogen) atoms. The van der Waals surface area contributed by atoms with Crippen LogP contribution in [-0.4, -0.2) is 37.2 Å². The van der Waals surface area contributed by atoms with Crippen LogP contribution in [0.25, 0.3) is 0 Å². The molecule has 3 heterocycles. The molecule has 0 saturated heterocycles. The predicted molar refractivity (Wildman–Crippen MR) is 88.3 cm³/mol. The van der Waals surface area contributed by atoms with Gasteiger partial charge < -0.3 is 15.0 Å². The van der Waals surface area contributed by atoms with E-state index in [2.05, 4.69) is 10.1 Å². The molecule has 6 nitrogen and oxygen atoms in total. The van der Waals surface area contributed by atoms with E-state index < -0.39 is 6.10 Å². The SMILES string of the molecule is O=C(c1cc[nH]c1)N1CCn2nc([C@@H](O)c3ccccc3)cc2C1. The summed E-state index contributed by atoms with van der Waals surface area (Å²) in [6, 6.07) is 13.1. The Hall–Kier alpha value is -2.86. The number of aliphatic hydroxyl groups is 1. The van der Waals surface area contributed by atoms with Gasteiger partial charge in [0.2, 0.25) is 0 Å². The quantitative estimate of drug-likeness (QED) is 0.774. The van der Waals surface area contributed by atoms with Gasteiger partial charge in [0.1, 0.15) is 6.10 Å². The van der Waals surface area contributed by atoms with Gasteiger partial charge in [-0.05, 0) is 17.7 Å². The Balaban J connectivity index is 1.55. The summed E-state index contributed by atoms with van der Waals surface area (Å²) >= 11 is 0. The maximum absolute atomic E-state index is 12.5. The van der Waals surface area contributed by atoms with Crippen LogP contribution in [-0.2, 0) is 13.1 Å². The molecule has 0 fully saturated rings. The summed E-state index contributed by atoms with van der Waals surface area (Å²) in [7, 11) is 0. The Morgan fingerprint density at radius 3 is 2.79 bits per heavy atom. The molecule has 1 amide bonds. The summed E-state index contributed by atoms with van der Waals surface area (Å²) in [6.45, 7) is 1.74. The van der Waals surface area contributed by atoms with Crippen molar-refractivity contribution in [1.29, 1.82) is 0 Å². The minimum absolute atomic E-state index is 0.00820. The number of aromatic nitrogens is 3. The second-order valence-electron chi connectivity index (χ2n) is 5.92. The lowest BCUT2D eigenvalue weighted by Crippen LogP contribution is -2.38. The number of H-pyrrole nitrogens is 1. The summed E-state index contributed by atoms with van der Waals surface area (Å²) in [6.07, 6.45) is 2.70. The lowest BCUT2D eigenvalue weighted by Gasteiger charge is -2.27. The van der Waals surface area contributed by atoms with Gasteiger partial charge >= 0.3 is 0 Å². The third kappa shape index (κ3) is 2.61. The third-order valence-electron chi connectivity index (χ3n) is 4.34. The number of carbonyl (C=O) groups excluding carboxylic acids is 1. The van der Waals surface area contributed by atoms with Gasteiger partial charge in [-0.2, -0.15) is 5.10 Å². The zero-order valence-corrected chi connectivity index (χ0v) is 13.1. The summed E-state index contributed by atoms with van der Waals surface area (Å²) < 4.78 is 1.88. The summed E-state index contributed by atoms with van der Waals surface area (Å²) in [5.41, 5.74) is 3.03. The first kappa shape index (κ1) is 14.7. The van der Waals surface area contributed by atoms with E-state index in [1.54, 1.807) is 23.4 Å². The van der Waals surface area contributed by atoms with Gasteiger partial charge in [0.05, 0.1) is 30.0 Å². The highest BCUT2D eigenvalue weighted by atomic mass is 16.3. The number of carbonyl (C=O) groups is 1. The maximum Gasteiger partial charge on any atom is 0.255 e. The monoisotopic (exact) mass is 322 g/mol. The van der Waals surface area contributed by atoms with Gasteiger partial charge in [-0.1, -0.05) is 30.3 Å². The van der Waals surface area contributed by atoms with Crippen molar-refractivity contribution in [1.82, 2.24) is 19.7 Å². The van der Waals surface area contributed by atoms with Crippen LogP contribution in [0.2, 0.25) is 0 Å². The van der Waals surface area contributed by atoms with Gasteiger partial charge in [0.15, 0.2) is 0 Å². The van der Waals surface area contributed by atoms with Crippen LogP contribution in [0.4, 0.5) is 0 Å². The number of aromatic amines is 1. The maximum atomic E-state index is 12.5. The molecular weight excluding hydrogens is 304 g/mol. The molecule has 122 valence electrons. The Morgan fingerprint density at radius 2 is 2.04 bits per heavy atom. The van der Waals surface area contributed by atoms with E-state index >= 15 is 0 Å². The number of aliphatic hydroxyl groups excluding tert-OH is 1. The number of fused-ring (bicyclic) bond motifs is 1. The fraction of sp³-hybridized carbons (Fsp3) is 0.222. The number of rotatable bonds is 3. The first-order chi connectivity index (χ1) is 11.7. The van der Waals surface area contributed by atoms with Crippen molar-refractivity contribution in [2.24, 2.45) is 0 Å². The molecule has 6 heteroatoms. The molecule has 3 aromatic rings. The number of nitrogens with zero attached hydrogens (tertiary/aromatic N) is 3. The molecule has 0 unspecified atom stereocenters. The number of hydrogen-bond donors (Lipinski definition) is 2. The van der Waals surface area contributed by atoms with Crippen molar-refractivity contribution in [3.63, 3.8) is 0 Å². The van der Waals surface area contributed by atoms with E-state index in [1.165, 1.54) is 0 Å². The first-order valence-electron chi connectivity index (χ1n) is 7.94. The van der Waals surface area contributed by atoms with Crippen LogP contribution in [0.15, 0.2) is 54.9 Å². The molecule has 0 radical (unpaired) electrons. The lowest BCUT2D eigenvalue weighted by molar-refractivity contribution is 0.0706. The van der Waals surface area contributed by atoms with Crippen LogP contribution in [0, 0.1) is 0 Å². The number of amides is 1. The van der Waals surface area contributed by atoms with Crippen LogP contribution < -0.4 is 0 Å². The predicted octanol–water partition coefficient (Wildman–Crippen LogP) is 1.95. The summed E-state index contributed by atoms with van der Waals surface area (Å²) in [5, 5.41) is 15.0. The average molecular weight is 322 g/mol. The summed E-state index contributed by atoms with van der Waals surface area (Å²) in [4.78, 5) is 17.2. The molecule has 1 aromatic carbocycles. The van der Waals surface area contributed by atoms with Crippen molar-refractivity contribution in [3.8, 4) is 0 Å². The van der Waals surface area contributed by atoms with E-state index in [-0.39, 0.29) is 5.91 Å². The molecule has 0 aliphatic carbocycles. The smallest absolute Gasteiger partial charge is 0.255 e. The largest absolute Gasteiger partial charge is 0.382 e. The molecule has 0 bridgehead atoms. The number of hydrogen-bond acceptors (Lipinski definition) is 3. The van der Waals surface area contributed by atoms with Crippen LogP contribution in [0.5, 0.6) is 0 Å². The highest BCUT2D eigenvalue weighted by molar-refractivity contribution is 5.94. The Bertz CT molecular complexity index is 839. The van der Waals surface area contributed by atoms with Crippen molar-refractivity contribution < 1.29 is 9.90 Å². The van der Waals surface area contributed by atoms with Crippen LogP contribution in [0.3, 0.4) is 0 Å². The number of nitrogens with one attached hydrogen (secondary N) is 1. The van der Waals surface area contributed by atoms with E-state index in [4.69, 9.17) is 0 Å². The second kappa shape index (κ2) is 5.98. The van der Waals surface area contributed by atoms with Crippen molar-refractivity contribution in [3.05, 3.63) is 77.4 Å². The molecule has 1 aliphatic rings. The zero-order valence-electron chi connectivity index (χ0n) is 13.1. The normalized spacial score (nSPS) is 15.1. The summed E-state index contributed by atoms with van der Waals surface area (Å²) in [5.74, 6) is 0.00820. The lowest BCUT2D eigenvalue weighted by atomic mass is 10.1. The molecular formula is C18H18N4O2. The fourth-order valence-electron chi connectivity index (χ4n) is 3.04. The highest BCUT2D eigenvalue weighted by Gasteiger charge is 2.25. The molecule has 4 rings (SSSR count). The van der Waals surface area contributed by atoms with Crippen molar-refractivity contribution in [2.75, 3.05) is 6.54 Å². The zero-order chi connectivity index (χ0) is 16.5. The van der Waals surface area contributed by atoms with Crippen LogP contribution >= 0.6 is 0 Å². The van der Waals surface area contributed by atoms with E-state index in [1.807, 2.05) is 41.1 Å². The standard InChI is InChI=1S/C18H18N4O2/c23-17(13-4-2-1-3-5-13)16-10-15-12-21(8-9-22(15)20-16)18(24)14-6-7-19-11-14/h1-7,10-11,17,19,23H,8-9,12H2/t17-/m0/s1. The third-order valence-corrected chi connectivity index (χ3v) is 4.34. The van der Waals surface area contributed by atoms with Gasteiger partial charge in [0, 0.05) is 18.9 Å². The van der Waals surface area contributed by atoms with E-state index in [0.29, 0.717) is 30.9 Å². The topological polar surface area (TPSA) is 74.2 Å². The van der Waals surface area contributed by atoms with Gasteiger partial charge in [-0.25, -0.2) is 0 Å². The molecule has 2 aromatic heterocycles. The average Bonchev–Trinajstić information content (AvgIpc) is 3.30. The molecule has 1 aliphatic heterocycles. The van der Waals surface area contributed by atoms with Crippen LogP contribution in [0.1, 0.15) is 33.4 Å². The fourth-order valence-corrected chi connectivity index (χ4v) is 3.04. The Labute approximate surface area is 139 Å². The number of benzene rings is 1. The minimum atomic E-state index is -0.752. The highest BCUT2D eigenvalue weighted by Crippen LogP contribution is 2.24. The Kier molecular flexibility index (Phi) is 3.66. The molecule has 2 N–H and O–H groups in total. The second-order valence-corrected chi connectivity index (χ2v) is 5.92. The van der Waals surface area contributed by atoms with Gasteiger partial charge in [-0.15, -0.1) is 0 Å².